The van der Waals surface area contributed by atoms with Crippen molar-refractivity contribution in [3.8, 4) is 11.1 Å². The van der Waals surface area contributed by atoms with E-state index in [1.54, 1.807) is 6.92 Å². The number of aliphatic carboxylic acids is 1. The highest BCUT2D eigenvalue weighted by Gasteiger charge is 2.33. The standard InChI is InChI=1S/C34H40N2O6/c1-22(41-20-23-12-6-5-7-13-23)30(31(37)35-29(32(38)39)18-19-34(2,3)4)36-33(40)42-21-28-26-16-10-8-14-24(26)25-15-9-11-17-27(25)28/h5-17,22,28-30H,18-21H2,1-4H3,(H,35,37)(H,36,40)(H,38,39)/t22-,29?,30+/m0/s1. The van der Waals surface area contributed by atoms with Crippen LogP contribution in [-0.2, 0) is 25.7 Å². The van der Waals surface area contributed by atoms with Crippen molar-refractivity contribution in [3.05, 3.63) is 95.6 Å². The fourth-order valence-electron chi connectivity index (χ4n) is 5.16. The van der Waals surface area contributed by atoms with Gasteiger partial charge in [-0.25, -0.2) is 9.59 Å². The van der Waals surface area contributed by atoms with Gasteiger partial charge in [0, 0.05) is 5.92 Å². The number of benzene rings is 3. The summed E-state index contributed by atoms with van der Waals surface area (Å²) in [5.74, 6) is -1.92. The highest BCUT2D eigenvalue weighted by atomic mass is 16.5. The third-order valence-electron chi connectivity index (χ3n) is 7.52. The van der Waals surface area contributed by atoms with E-state index < -0.39 is 36.2 Å². The molecule has 1 unspecified atom stereocenters. The lowest BCUT2D eigenvalue weighted by Crippen LogP contribution is -2.56. The molecule has 0 fully saturated rings. The molecule has 1 aliphatic carbocycles. The zero-order valence-electron chi connectivity index (χ0n) is 24.6. The lowest BCUT2D eigenvalue weighted by atomic mass is 9.88. The lowest BCUT2D eigenvalue weighted by molar-refractivity contribution is -0.143. The molecule has 3 N–H and O–H groups in total. The molecule has 3 atom stereocenters. The Labute approximate surface area is 247 Å². The Morgan fingerprint density at radius 2 is 1.43 bits per heavy atom. The van der Waals surface area contributed by atoms with Crippen molar-refractivity contribution in [1.82, 2.24) is 10.6 Å². The summed E-state index contributed by atoms with van der Waals surface area (Å²) in [4.78, 5) is 38.5. The molecule has 0 spiro atoms. The average Bonchev–Trinajstić information content (AvgIpc) is 3.29. The molecule has 0 aromatic heterocycles. The maximum Gasteiger partial charge on any atom is 0.407 e. The van der Waals surface area contributed by atoms with Gasteiger partial charge in [0.05, 0.1) is 12.7 Å². The molecule has 42 heavy (non-hydrogen) atoms. The number of hydrogen-bond donors (Lipinski definition) is 3. The number of ether oxygens (including phenoxy) is 2. The van der Waals surface area contributed by atoms with Gasteiger partial charge in [-0.3, -0.25) is 4.79 Å². The first kappa shape index (κ1) is 30.8. The van der Waals surface area contributed by atoms with Crippen molar-refractivity contribution in [2.45, 2.75) is 71.2 Å². The van der Waals surface area contributed by atoms with Crippen LogP contribution < -0.4 is 10.6 Å². The number of amides is 2. The van der Waals surface area contributed by atoms with Gasteiger partial charge in [0.15, 0.2) is 0 Å². The maximum absolute atomic E-state index is 13.4. The number of hydrogen-bond acceptors (Lipinski definition) is 5. The van der Waals surface area contributed by atoms with Crippen LogP contribution in [0.5, 0.6) is 0 Å². The molecule has 0 saturated heterocycles. The van der Waals surface area contributed by atoms with E-state index in [4.69, 9.17) is 9.47 Å². The molecule has 3 aromatic carbocycles. The molecule has 8 heteroatoms. The number of fused-ring (bicyclic) bond motifs is 3. The summed E-state index contributed by atoms with van der Waals surface area (Å²) in [6.07, 6.45) is -0.715. The van der Waals surface area contributed by atoms with Crippen molar-refractivity contribution in [1.29, 1.82) is 0 Å². The molecule has 4 rings (SSSR count). The fourth-order valence-corrected chi connectivity index (χ4v) is 5.16. The quantitative estimate of drug-likeness (QED) is 0.249. The molecule has 222 valence electrons. The molecular weight excluding hydrogens is 532 g/mol. The zero-order chi connectivity index (χ0) is 30.3. The molecule has 0 bridgehead atoms. The topological polar surface area (TPSA) is 114 Å². The number of carbonyl (C=O) groups excluding carboxylic acids is 2. The smallest absolute Gasteiger partial charge is 0.407 e. The fraction of sp³-hybridized carbons (Fsp3) is 0.382. The monoisotopic (exact) mass is 572 g/mol. The number of carboxylic acid groups (broad SMARTS) is 1. The Morgan fingerprint density at radius 3 is 2.00 bits per heavy atom. The number of nitrogens with one attached hydrogen (secondary N) is 2. The minimum Gasteiger partial charge on any atom is -0.480 e. The number of carbonyl (C=O) groups is 3. The molecule has 2 amide bonds. The van der Waals surface area contributed by atoms with Crippen LogP contribution in [0.4, 0.5) is 4.79 Å². The number of alkyl carbamates (subject to hydrolysis) is 1. The summed E-state index contributed by atoms with van der Waals surface area (Å²) in [5.41, 5.74) is 5.16. The molecule has 0 radical (unpaired) electrons. The van der Waals surface area contributed by atoms with Gasteiger partial charge in [-0.15, -0.1) is 0 Å². The predicted molar refractivity (Wildman–Crippen MR) is 161 cm³/mol. The SMILES string of the molecule is C[C@H](OCc1ccccc1)[C@@H](NC(=O)OCC1c2ccccc2-c2ccccc21)C(=O)NC(CCC(C)(C)C)C(=O)O. The molecule has 1 aliphatic rings. The first-order valence-corrected chi connectivity index (χ1v) is 14.3. The van der Waals surface area contributed by atoms with Crippen molar-refractivity contribution in [2.75, 3.05) is 6.61 Å². The number of rotatable bonds is 12. The summed E-state index contributed by atoms with van der Waals surface area (Å²) in [6, 6.07) is 23.2. The Balaban J connectivity index is 1.46. The van der Waals surface area contributed by atoms with E-state index in [0.717, 1.165) is 27.8 Å². The van der Waals surface area contributed by atoms with Crippen LogP contribution >= 0.6 is 0 Å². The van der Waals surface area contributed by atoms with Crippen molar-refractivity contribution in [3.63, 3.8) is 0 Å². The summed E-state index contributed by atoms with van der Waals surface area (Å²) in [7, 11) is 0. The molecule has 0 heterocycles. The maximum atomic E-state index is 13.4. The third kappa shape index (κ3) is 7.97. The van der Waals surface area contributed by atoms with Crippen LogP contribution in [0.3, 0.4) is 0 Å². The molecule has 8 nitrogen and oxygen atoms in total. The zero-order valence-corrected chi connectivity index (χ0v) is 24.6. The van der Waals surface area contributed by atoms with Gasteiger partial charge in [-0.05, 0) is 53.0 Å². The van der Waals surface area contributed by atoms with E-state index in [1.165, 1.54) is 0 Å². The second-order valence-electron chi connectivity index (χ2n) is 11.9. The third-order valence-corrected chi connectivity index (χ3v) is 7.52. The van der Waals surface area contributed by atoms with Crippen molar-refractivity contribution >= 4 is 18.0 Å². The Kier molecular flexibility index (Phi) is 10.0. The summed E-state index contributed by atoms with van der Waals surface area (Å²) in [6.45, 7) is 7.99. The van der Waals surface area contributed by atoms with E-state index in [1.807, 2.05) is 87.5 Å². The van der Waals surface area contributed by atoms with E-state index in [9.17, 15) is 19.5 Å². The normalized spacial score (nSPS) is 14.7. The van der Waals surface area contributed by atoms with Gasteiger partial charge in [0.2, 0.25) is 5.91 Å². The average molecular weight is 573 g/mol. The van der Waals surface area contributed by atoms with Gasteiger partial charge in [-0.2, -0.15) is 0 Å². The highest BCUT2D eigenvalue weighted by molar-refractivity contribution is 5.89. The van der Waals surface area contributed by atoms with Crippen LogP contribution in [0.1, 0.15) is 63.1 Å². The van der Waals surface area contributed by atoms with Gasteiger partial charge in [-0.1, -0.05) is 99.6 Å². The lowest BCUT2D eigenvalue weighted by Gasteiger charge is -2.27. The largest absolute Gasteiger partial charge is 0.480 e. The highest BCUT2D eigenvalue weighted by Crippen LogP contribution is 2.44. The molecule has 0 saturated carbocycles. The van der Waals surface area contributed by atoms with Crippen molar-refractivity contribution < 1.29 is 29.0 Å². The van der Waals surface area contributed by atoms with E-state index in [0.29, 0.717) is 6.42 Å². The molecule has 3 aromatic rings. The second-order valence-corrected chi connectivity index (χ2v) is 11.9. The Bertz CT molecular complexity index is 1340. The van der Waals surface area contributed by atoms with Crippen LogP contribution in [0.2, 0.25) is 0 Å². The van der Waals surface area contributed by atoms with Crippen LogP contribution in [-0.4, -0.2) is 47.9 Å². The molecular formula is C34H40N2O6. The Hall–Kier alpha value is -4.17. The van der Waals surface area contributed by atoms with Gasteiger partial charge in [0.25, 0.3) is 0 Å². The van der Waals surface area contributed by atoms with E-state index in [-0.39, 0.29) is 31.0 Å². The van der Waals surface area contributed by atoms with Gasteiger partial charge >= 0.3 is 12.1 Å². The molecule has 0 aliphatic heterocycles. The predicted octanol–water partition coefficient (Wildman–Crippen LogP) is 5.89. The van der Waals surface area contributed by atoms with Crippen LogP contribution in [0.15, 0.2) is 78.9 Å². The Morgan fingerprint density at radius 1 is 0.857 bits per heavy atom. The van der Waals surface area contributed by atoms with Crippen molar-refractivity contribution in [2.24, 2.45) is 5.41 Å². The number of carboxylic acids is 1. The first-order chi connectivity index (χ1) is 20.0. The first-order valence-electron chi connectivity index (χ1n) is 14.3. The minimum atomic E-state index is -1.18. The summed E-state index contributed by atoms with van der Waals surface area (Å²) < 4.78 is 11.6. The summed E-state index contributed by atoms with van der Waals surface area (Å²) in [5, 5.41) is 15.0. The van der Waals surface area contributed by atoms with Gasteiger partial charge in [0.1, 0.15) is 18.7 Å². The summed E-state index contributed by atoms with van der Waals surface area (Å²) >= 11 is 0. The van der Waals surface area contributed by atoms with E-state index in [2.05, 4.69) is 22.8 Å². The van der Waals surface area contributed by atoms with E-state index >= 15 is 0 Å². The second kappa shape index (κ2) is 13.7. The van der Waals surface area contributed by atoms with Crippen LogP contribution in [0.25, 0.3) is 11.1 Å². The van der Waals surface area contributed by atoms with Crippen LogP contribution in [0, 0.1) is 5.41 Å². The van der Waals surface area contributed by atoms with Gasteiger partial charge < -0.3 is 25.2 Å². The minimum absolute atomic E-state index is 0.0801.